The molecule has 0 spiro atoms. The Kier molecular flexibility index (Phi) is 8.31. The molecule has 0 aliphatic carbocycles. The molecule has 2 heterocycles. The summed E-state index contributed by atoms with van der Waals surface area (Å²) in [5.74, 6) is -1.84. The van der Waals surface area contributed by atoms with Crippen LogP contribution in [-0.2, 0) is 19.1 Å². The van der Waals surface area contributed by atoms with Crippen molar-refractivity contribution >= 4 is 23.8 Å². The van der Waals surface area contributed by atoms with Crippen LogP contribution in [0.3, 0.4) is 0 Å². The maximum absolute atomic E-state index is 12.6. The van der Waals surface area contributed by atoms with Crippen LogP contribution < -0.4 is 21.4 Å². The number of hydrogen-bond donors (Lipinski definition) is 5. The molecule has 2 saturated heterocycles. The van der Waals surface area contributed by atoms with Crippen LogP contribution in [0, 0.1) is 11.8 Å². The lowest BCUT2D eigenvalue weighted by Gasteiger charge is -2.18. The number of nitrogens with two attached hydrogens (primary N) is 1. The van der Waals surface area contributed by atoms with Crippen molar-refractivity contribution in [3.8, 4) is 0 Å². The Balaban J connectivity index is 1.81. The quantitative estimate of drug-likeness (QED) is 0.0820. The average molecular weight is 410 g/mol. The Hall–Kier alpha value is -2.76. The average Bonchev–Trinajstić information content (AvgIpc) is 3.19. The van der Waals surface area contributed by atoms with Crippen molar-refractivity contribution in [3.05, 3.63) is 25.3 Å². The van der Waals surface area contributed by atoms with Gasteiger partial charge in [0.25, 0.3) is 0 Å². The molecule has 0 radical (unpaired) electrons. The van der Waals surface area contributed by atoms with Crippen LogP contribution in [0.4, 0.5) is 4.79 Å². The van der Waals surface area contributed by atoms with Gasteiger partial charge in [0, 0.05) is 6.54 Å². The number of likely N-dealkylation sites (tertiary alicyclic amines) is 1. The lowest BCUT2D eigenvalue weighted by atomic mass is 9.89. The number of aliphatic hydroxyl groups excluding tert-OH is 1. The van der Waals surface area contributed by atoms with Crippen LogP contribution in [-0.4, -0.2) is 85.5 Å². The summed E-state index contributed by atoms with van der Waals surface area (Å²) in [6.45, 7) is 8.20. The van der Waals surface area contributed by atoms with E-state index in [2.05, 4.69) is 28.8 Å². The fourth-order valence-corrected chi connectivity index (χ4v) is 3.36. The van der Waals surface area contributed by atoms with E-state index in [1.165, 1.54) is 17.1 Å². The lowest BCUT2D eigenvalue weighted by molar-refractivity contribution is -0.459. The van der Waals surface area contributed by atoms with E-state index in [1.54, 1.807) is 0 Å². The SMILES string of the molecule is C=CC1OC(C=C)C2C(=O)N(CC[NH+]=C(N)NC(=O)NCCOCCO)C(=O)C12. The van der Waals surface area contributed by atoms with Crippen LogP contribution in [0.25, 0.3) is 0 Å². The van der Waals surface area contributed by atoms with Gasteiger partial charge in [-0.1, -0.05) is 12.2 Å². The van der Waals surface area contributed by atoms with Crippen molar-refractivity contribution in [1.29, 1.82) is 0 Å². The molecular weight excluding hydrogens is 382 g/mol. The zero-order valence-corrected chi connectivity index (χ0v) is 16.1. The summed E-state index contributed by atoms with van der Waals surface area (Å²) in [5.41, 5.74) is 5.69. The summed E-state index contributed by atoms with van der Waals surface area (Å²) in [7, 11) is 0. The van der Waals surface area contributed by atoms with Gasteiger partial charge in [-0.3, -0.25) is 25.2 Å². The molecule has 4 amide bonds. The highest BCUT2D eigenvalue weighted by atomic mass is 16.5. The van der Waals surface area contributed by atoms with Crippen LogP contribution in [0.15, 0.2) is 25.3 Å². The van der Waals surface area contributed by atoms with Gasteiger partial charge in [-0.15, -0.1) is 13.2 Å². The zero-order chi connectivity index (χ0) is 21.4. The molecule has 11 nitrogen and oxygen atoms in total. The Morgan fingerprint density at radius 1 is 1.24 bits per heavy atom. The van der Waals surface area contributed by atoms with E-state index in [-0.39, 0.29) is 57.2 Å². The van der Waals surface area contributed by atoms with E-state index in [0.717, 1.165) is 0 Å². The molecule has 4 atom stereocenters. The first-order valence-electron chi connectivity index (χ1n) is 9.30. The van der Waals surface area contributed by atoms with Crippen molar-refractivity contribution in [1.82, 2.24) is 15.5 Å². The third-order valence-corrected chi connectivity index (χ3v) is 4.64. The number of imide groups is 1. The Labute approximate surface area is 168 Å². The smallest absolute Gasteiger partial charge is 0.379 e. The van der Waals surface area contributed by atoms with Gasteiger partial charge in [0.15, 0.2) is 0 Å². The first-order chi connectivity index (χ1) is 13.9. The van der Waals surface area contributed by atoms with E-state index in [4.69, 9.17) is 20.3 Å². The number of nitrogens with one attached hydrogen (secondary N) is 3. The standard InChI is InChI=1S/C18H27N5O6/c1-3-11-13-14(12(4-2)29-11)16(26)23(15(13)25)7-5-20-17(19)22-18(27)21-6-9-28-10-8-24/h3-4,11-14,24H,1-2,5-10H2,(H4,19,20,21,22,27)/p+1. The van der Waals surface area contributed by atoms with Gasteiger partial charge < -0.3 is 19.9 Å². The number of fused-ring (bicyclic) bond motifs is 1. The summed E-state index contributed by atoms with van der Waals surface area (Å²) >= 11 is 0. The molecule has 160 valence electrons. The van der Waals surface area contributed by atoms with Gasteiger partial charge in [-0.2, -0.15) is 5.32 Å². The predicted octanol–water partition coefficient (Wildman–Crippen LogP) is -3.57. The number of nitrogens with zero attached hydrogens (tertiary/aromatic N) is 1. The maximum Gasteiger partial charge on any atom is 0.379 e. The number of urea groups is 1. The number of ether oxygens (including phenoxy) is 2. The van der Waals surface area contributed by atoms with E-state index < -0.39 is 30.1 Å². The normalized spacial score (nSPS) is 26.4. The highest BCUT2D eigenvalue weighted by Gasteiger charge is 2.58. The van der Waals surface area contributed by atoms with Crippen LogP contribution >= 0.6 is 0 Å². The molecule has 2 aliphatic rings. The Morgan fingerprint density at radius 2 is 1.86 bits per heavy atom. The van der Waals surface area contributed by atoms with Gasteiger partial charge in [0.05, 0.1) is 57.0 Å². The third kappa shape index (κ3) is 5.40. The minimum Gasteiger partial charge on any atom is -0.394 e. The van der Waals surface area contributed by atoms with Crippen LogP contribution in [0.5, 0.6) is 0 Å². The minimum absolute atomic E-state index is 0.0191. The molecule has 0 bridgehead atoms. The Bertz CT molecular complexity index is 650. The van der Waals surface area contributed by atoms with Gasteiger partial charge in [-0.05, 0) is 0 Å². The zero-order valence-electron chi connectivity index (χ0n) is 16.1. The van der Waals surface area contributed by atoms with E-state index in [9.17, 15) is 14.4 Å². The number of rotatable bonds is 10. The fourth-order valence-electron chi connectivity index (χ4n) is 3.36. The molecule has 2 rings (SSSR count). The second-order valence-electron chi connectivity index (χ2n) is 6.47. The summed E-state index contributed by atoms with van der Waals surface area (Å²) in [5, 5.41) is 13.5. The number of hydrogen-bond acceptors (Lipinski definition) is 6. The van der Waals surface area contributed by atoms with Gasteiger partial charge in [0.1, 0.15) is 0 Å². The van der Waals surface area contributed by atoms with Crippen LogP contribution in [0.1, 0.15) is 0 Å². The molecule has 11 heteroatoms. The van der Waals surface area contributed by atoms with Crippen molar-refractivity contribution in [3.63, 3.8) is 0 Å². The molecule has 29 heavy (non-hydrogen) atoms. The number of aliphatic hydroxyl groups is 1. The topological polar surface area (TPSA) is 157 Å². The van der Waals surface area contributed by atoms with Gasteiger partial charge >= 0.3 is 12.0 Å². The van der Waals surface area contributed by atoms with Crippen molar-refractivity contribution in [2.45, 2.75) is 12.2 Å². The molecule has 2 aliphatic heterocycles. The molecule has 0 aromatic carbocycles. The van der Waals surface area contributed by atoms with Crippen molar-refractivity contribution in [2.75, 3.05) is 39.5 Å². The second-order valence-corrected chi connectivity index (χ2v) is 6.47. The molecule has 0 aromatic rings. The predicted molar refractivity (Wildman–Crippen MR) is 102 cm³/mol. The van der Waals surface area contributed by atoms with Crippen LogP contribution in [0.2, 0.25) is 0 Å². The van der Waals surface area contributed by atoms with Crippen molar-refractivity contribution < 1.29 is 34.0 Å². The largest absolute Gasteiger partial charge is 0.394 e. The van der Waals surface area contributed by atoms with Gasteiger partial charge in [-0.25, -0.2) is 4.79 Å². The summed E-state index contributed by atoms with van der Waals surface area (Å²) < 4.78 is 10.6. The lowest BCUT2D eigenvalue weighted by Crippen LogP contribution is -2.81. The first-order valence-corrected chi connectivity index (χ1v) is 9.30. The third-order valence-electron chi connectivity index (χ3n) is 4.64. The molecule has 4 unspecified atom stereocenters. The molecular formula is C18H28N5O6+. The summed E-state index contributed by atoms with van der Waals surface area (Å²) in [6, 6.07) is -0.537. The highest BCUT2D eigenvalue weighted by molar-refractivity contribution is 6.06. The fraction of sp³-hybridized carbons (Fsp3) is 0.556. The van der Waals surface area contributed by atoms with Crippen molar-refractivity contribution in [2.24, 2.45) is 17.6 Å². The monoisotopic (exact) mass is 410 g/mol. The molecule has 0 saturated carbocycles. The van der Waals surface area contributed by atoms with Gasteiger partial charge in [0.2, 0.25) is 11.8 Å². The Morgan fingerprint density at radius 3 is 2.41 bits per heavy atom. The second kappa shape index (κ2) is 10.7. The van der Waals surface area contributed by atoms with E-state index >= 15 is 0 Å². The number of carbonyl (C=O) groups is 3. The number of guanidine groups is 1. The first kappa shape index (κ1) is 22.5. The number of carbonyl (C=O) groups excluding carboxylic acids is 3. The molecule has 6 N–H and O–H groups in total. The summed E-state index contributed by atoms with van der Waals surface area (Å²) in [4.78, 5) is 40.9. The summed E-state index contributed by atoms with van der Waals surface area (Å²) in [6.07, 6.45) is 2.00. The minimum atomic E-state index is -0.596. The molecule has 0 aromatic heterocycles. The van der Waals surface area contributed by atoms with E-state index in [1.807, 2.05) is 0 Å². The number of amides is 4. The molecule has 2 fully saturated rings. The maximum atomic E-state index is 12.6. The van der Waals surface area contributed by atoms with E-state index in [0.29, 0.717) is 0 Å². The highest BCUT2D eigenvalue weighted by Crippen LogP contribution is 2.41.